The van der Waals surface area contributed by atoms with Crippen LogP contribution in [0.1, 0.15) is 22.3 Å². The highest BCUT2D eigenvalue weighted by atomic mass is 19.4. The summed E-state index contributed by atoms with van der Waals surface area (Å²) >= 11 is 0. The van der Waals surface area contributed by atoms with Crippen LogP contribution < -0.4 is 9.47 Å². The molecule has 4 nitrogen and oxygen atoms in total. The third-order valence-corrected chi connectivity index (χ3v) is 5.17. The molecule has 0 aliphatic carbocycles. The van der Waals surface area contributed by atoms with E-state index in [0.29, 0.717) is 22.6 Å². The molecule has 0 aromatic heterocycles. The Morgan fingerprint density at radius 1 is 0.833 bits per heavy atom. The summed E-state index contributed by atoms with van der Waals surface area (Å²) in [6, 6.07) is 16.9. The van der Waals surface area contributed by atoms with Gasteiger partial charge in [-0.3, -0.25) is 0 Å². The van der Waals surface area contributed by atoms with E-state index >= 15 is 0 Å². The Bertz CT molecular complexity index is 1110. The molecule has 3 aromatic carbocycles. The van der Waals surface area contributed by atoms with E-state index in [1.807, 2.05) is 0 Å². The lowest BCUT2D eigenvalue weighted by molar-refractivity contribution is -0.137. The van der Waals surface area contributed by atoms with Gasteiger partial charge in [-0.05, 0) is 53.6 Å². The molecule has 0 radical (unpaired) electrons. The maximum Gasteiger partial charge on any atom is 0.418 e. The van der Waals surface area contributed by atoms with Crippen LogP contribution in [0.4, 0.5) is 18.9 Å². The Hall–Kier alpha value is -3.32. The van der Waals surface area contributed by atoms with Crippen LogP contribution in [-0.2, 0) is 11.8 Å². The van der Waals surface area contributed by atoms with Crippen molar-refractivity contribution in [3.63, 3.8) is 0 Å². The minimum absolute atomic E-state index is 0.0771. The van der Waals surface area contributed by atoms with Gasteiger partial charge in [0.2, 0.25) is 0 Å². The fourth-order valence-corrected chi connectivity index (χ4v) is 3.65. The number of fused-ring (bicyclic) bond motifs is 1. The van der Waals surface area contributed by atoms with E-state index in [0.717, 1.165) is 6.07 Å². The molecule has 30 heavy (non-hydrogen) atoms. The SMILES string of the molecule is COc1ccc(C2=Nc3c(C(F)(F)F)cccc3C2(O)c2ccc(OC)cc2)cc1. The highest BCUT2D eigenvalue weighted by Gasteiger charge is 2.47. The van der Waals surface area contributed by atoms with Crippen LogP contribution >= 0.6 is 0 Å². The molecule has 0 saturated heterocycles. The summed E-state index contributed by atoms with van der Waals surface area (Å²) in [4.78, 5) is 4.29. The maximum absolute atomic E-state index is 13.6. The maximum atomic E-state index is 13.6. The molecular formula is C23H18F3NO3. The van der Waals surface area contributed by atoms with Gasteiger partial charge in [0.25, 0.3) is 0 Å². The van der Waals surface area contributed by atoms with Crippen molar-refractivity contribution in [3.8, 4) is 11.5 Å². The van der Waals surface area contributed by atoms with Crippen molar-refractivity contribution < 1.29 is 27.8 Å². The lowest BCUT2D eigenvalue weighted by Crippen LogP contribution is -2.35. The lowest BCUT2D eigenvalue weighted by Gasteiger charge is -2.27. The average Bonchev–Trinajstić information content (AvgIpc) is 3.07. The van der Waals surface area contributed by atoms with Crippen LogP contribution in [0.25, 0.3) is 0 Å². The minimum Gasteiger partial charge on any atom is -0.497 e. The van der Waals surface area contributed by atoms with Crippen LogP contribution in [0.5, 0.6) is 11.5 Å². The molecule has 4 rings (SSSR count). The van der Waals surface area contributed by atoms with Gasteiger partial charge in [-0.15, -0.1) is 0 Å². The Balaban J connectivity index is 1.96. The van der Waals surface area contributed by atoms with Gasteiger partial charge in [-0.1, -0.05) is 24.3 Å². The van der Waals surface area contributed by atoms with E-state index in [1.165, 1.54) is 26.4 Å². The van der Waals surface area contributed by atoms with Gasteiger partial charge in [0.1, 0.15) is 11.5 Å². The number of halogens is 3. The number of aliphatic hydroxyl groups is 1. The number of alkyl halides is 3. The summed E-state index contributed by atoms with van der Waals surface area (Å²) in [6.07, 6.45) is -4.61. The monoisotopic (exact) mass is 413 g/mol. The molecule has 0 fully saturated rings. The summed E-state index contributed by atoms with van der Waals surface area (Å²) in [7, 11) is 3.02. The molecule has 1 unspecified atom stereocenters. The molecule has 1 atom stereocenters. The van der Waals surface area contributed by atoms with Gasteiger partial charge in [0, 0.05) is 5.56 Å². The van der Waals surface area contributed by atoms with Gasteiger partial charge in [0.15, 0.2) is 5.60 Å². The average molecular weight is 413 g/mol. The van der Waals surface area contributed by atoms with E-state index in [1.54, 1.807) is 48.5 Å². The number of ether oxygens (including phenoxy) is 2. The highest BCUT2D eigenvalue weighted by Crippen LogP contribution is 2.50. The van der Waals surface area contributed by atoms with Gasteiger partial charge in [0.05, 0.1) is 31.2 Å². The summed E-state index contributed by atoms with van der Waals surface area (Å²) in [5.74, 6) is 1.14. The number of benzene rings is 3. The number of para-hydroxylation sites is 1. The topological polar surface area (TPSA) is 51.0 Å². The molecule has 7 heteroatoms. The molecule has 1 heterocycles. The van der Waals surface area contributed by atoms with E-state index in [2.05, 4.69) is 4.99 Å². The molecule has 0 amide bonds. The third-order valence-electron chi connectivity index (χ3n) is 5.17. The smallest absolute Gasteiger partial charge is 0.418 e. The number of aliphatic imine (C=N–C) groups is 1. The second-order valence-corrected chi connectivity index (χ2v) is 6.83. The number of methoxy groups -OCH3 is 2. The van der Waals surface area contributed by atoms with Crippen molar-refractivity contribution in [3.05, 3.63) is 89.0 Å². The first-order valence-electron chi connectivity index (χ1n) is 9.10. The standard InChI is InChI=1S/C23H18F3NO3/c1-29-16-10-6-14(7-11-16)21-22(28,15-8-12-17(30-2)13-9-15)18-4-3-5-19(20(18)27-21)23(24,25)26/h3-13,28H,1-2H3. The lowest BCUT2D eigenvalue weighted by atomic mass is 9.80. The Morgan fingerprint density at radius 2 is 1.40 bits per heavy atom. The molecular weight excluding hydrogens is 395 g/mol. The molecule has 1 N–H and O–H groups in total. The molecule has 1 aliphatic heterocycles. The zero-order chi connectivity index (χ0) is 21.5. The van der Waals surface area contributed by atoms with Gasteiger partial charge in [-0.25, -0.2) is 4.99 Å². The fraction of sp³-hybridized carbons (Fsp3) is 0.174. The first-order valence-corrected chi connectivity index (χ1v) is 9.10. The van der Waals surface area contributed by atoms with Crippen molar-refractivity contribution in [1.29, 1.82) is 0 Å². The first-order chi connectivity index (χ1) is 14.3. The van der Waals surface area contributed by atoms with Crippen molar-refractivity contribution in [2.24, 2.45) is 4.99 Å². The Kier molecular flexibility index (Phi) is 4.78. The summed E-state index contributed by atoms with van der Waals surface area (Å²) in [6.45, 7) is 0. The van der Waals surface area contributed by atoms with Crippen LogP contribution in [0.15, 0.2) is 71.7 Å². The van der Waals surface area contributed by atoms with Crippen molar-refractivity contribution >= 4 is 11.4 Å². The van der Waals surface area contributed by atoms with E-state index in [-0.39, 0.29) is 17.0 Å². The van der Waals surface area contributed by atoms with Crippen LogP contribution in [0, 0.1) is 0 Å². The summed E-state index contributed by atoms with van der Waals surface area (Å²) < 4.78 is 51.2. The first kappa shape index (κ1) is 20.0. The predicted octanol–water partition coefficient (Wildman–Crippen LogP) is 5.09. The van der Waals surface area contributed by atoms with Gasteiger partial charge in [-0.2, -0.15) is 13.2 Å². The summed E-state index contributed by atoms with van der Waals surface area (Å²) in [5.41, 5.74) is -1.98. The number of rotatable bonds is 4. The molecule has 0 bridgehead atoms. The quantitative estimate of drug-likeness (QED) is 0.648. The van der Waals surface area contributed by atoms with E-state index < -0.39 is 17.3 Å². The third kappa shape index (κ3) is 3.11. The van der Waals surface area contributed by atoms with Crippen LogP contribution in [-0.4, -0.2) is 25.0 Å². The van der Waals surface area contributed by atoms with Crippen molar-refractivity contribution in [2.45, 2.75) is 11.8 Å². The summed E-state index contributed by atoms with van der Waals surface area (Å²) in [5, 5.41) is 11.8. The zero-order valence-electron chi connectivity index (χ0n) is 16.2. The van der Waals surface area contributed by atoms with Crippen LogP contribution in [0.2, 0.25) is 0 Å². The molecule has 3 aromatic rings. The van der Waals surface area contributed by atoms with E-state index in [9.17, 15) is 18.3 Å². The van der Waals surface area contributed by atoms with Crippen LogP contribution in [0.3, 0.4) is 0 Å². The Labute approximate surface area is 171 Å². The number of hydrogen-bond acceptors (Lipinski definition) is 4. The minimum atomic E-state index is -4.61. The van der Waals surface area contributed by atoms with Gasteiger partial charge < -0.3 is 14.6 Å². The second kappa shape index (κ2) is 7.18. The van der Waals surface area contributed by atoms with Crippen molar-refractivity contribution in [1.82, 2.24) is 0 Å². The molecule has 154 valence electrons. The predicted molar refractivity (Wildman–Crippen MR) is 107 cm³/mol. The zero-order valence-corrected chi connectivity index (χ0v) is 16.2. The fourth-order valence-electron chi connectivity index (χ4n) is 3.65. The highest BCUT2D eigenvalue weighted by molar-refractivity contribution is 6.14. The molecule has 1 aliphatic rings. The van der Waals surface area contributed by atoms with Crippen molar-refractivity contribution in [2.75, 3.05) is 14.2 Å². The number of hydrogen-bond donors (Lipinski definition) is 1. The Morgan fingerprint density at radius 3 is 1.93 bits per heavy atom. The molecule has 0 spiro atoms. The van der Waals surface area contributed by atoms with Gasteiger partial charge >= 0.3 is 6.18 Å². The normalized spacial score (nSPS) is 18.0. The number of nitrogens with zero attached hydrogens (tertiary/aromatic N) is 1. The molecule has 0 saturated carbocycles. The van der Waals surface area contributed by atoms with E-state index in [4.69, 9.17) is 9.47 Å². The largest absolute Gasteiger partial charge is 0.497 e. The second-order valence-electron chi connectivity index (χ2n) is 6.83.